The average Bonchev–Trinajstić information content (AvgIpc) is 2.35. The van der Waals surface area contributed by atoms with Gasteiger partial charge in [-0.05, 0) is 0 Å². The Kier molecular flexibility index (Phi) is 6.81. The van der Waals surface area contributed by atoms with Gasteiger partial charge in [0.2, 0.25) is 0 Å². The minimum Gasteiger partial charge on any atom is -0.456 e. The van der Waals surface area contributed by atoms with E-state index in [-0.39, 0.29) is 0 Å². The summed E-state index contributed by atoms with van der Waals surface area (Å²) in [6.07, 6.45) is -5.56. The molecule has 0 aromatic carbocycles. The third kappa shape index (κ3) is 5.08. The van der Waals surface area contributed by atoms with E-state index in [2.05, 4.69) is 0 Å². The quantitative estimate of drug-likeness (QED) is 0.294. The van der Waals surface area contributed by atoms with E-state index in [1.54, 1.807) is 0 Å². The number of carbonyl (C=O) groups is 3. The number of aliphatic hydroxyl groups is 1. The molecule has 0 amide bonds. The van der Waals surface area contributed by atoms with E-state index in [9.17, 15) is 19.5 Å². The lowest BCUT2D eigenvalue weighted by Crippen LogP contribution is -2.61. The fourth-order valence-corrected chi connectivity index (χ4v) is 2.70. The molecule has 0 radical (unpaired) electrons. The van der Waals surface area contributed by atoms with Crippen molar-refractivity contribution in [1.82, 2.24) is 0 Å². The molecular formula is C12H17IO8. The Bertz CT molecular complexity index is 412. The zero-order valence-corrected chi connectivity index (χ0v) is 13.9. The van der Waals surface area contributed by atoms with Crippen LogP contribution in [0.15, 0.2) is 0 Å². The van der Waals surface area contributed by atoms with Crippen molar-refractivity contribution in [2.24, 2.45) is 0 Å². The molecule has 5 atom stereocenters. The van der Waals surface area contributed by atoms with Crippen LogP contribution in [-0.4, -0.2) is 58.1 Å². The molecule has 0 aromatic rings. The number of rotatable bonds is 4. The van der Waals surface area contributed by atoms with Gasteiger partial charge in [0, 0.05) is 25.2 Å². The van der Waals surface area contributed by atoms with Gasteiger partial charge in [0.25, 0.3) is 0 Å². The summed E-state index contributed by atoms with van der Waals surface area (Å²) in [6, 6.07) is 0. The monoisotopic (exact) mass is 416 g/mol. The Labute approximate surface area is 135 Å². The molecule has 9 heteroatoms. The second-order valence-electron chi connectivity index (χ2n) is 4.44. The average molecular weight is 416 g/mol. The number of carbonyl (C=O) groups excluding carboxylic acids is 3. The number of aliphatic hydroxyl groups excluding tert-OH is 1. The predicted molar refractivity (Wildman–Crippen MR) is 76.4 cm³/mol. The maximum atomic E-state index is 11.2. The van der Waals surface area contributed by atoms with E-state index < -0.39 is 48.6 Å². The molecule has 1 aliphatic heterocycles. The predicted octanol–water partition coefficient (Wildman–Crippen LogP) is -0.0663. The van der Waals surface area contributed by atoms with Gasteiger partial charge in [0.15, 0.2) is 24.6 Å². The number of alkyl halides is 1. The molecule has 0 bridgehead atoms. The summed E-state index contributed by atoms with van der Waals surface area (Å²) in [5.74, 6) is -1.95. The van der Waals surface area contributed by atoms with Crippen molar-refractivity contribution in [2.45, 2.75) is 51.5 Å². The second-order valence-corrected chi connectivity index (χ2v) is 5.32. The molecule has 0 saturated carbocycles. The van der Waals surface area contributed by atoms with E-state index in [1.165, 1.54) is 6.92 Å². The summed E-state index contributed by atoms with van der Waals surface area (Å²) in [4.78, 5) is 33.6. The van der Waals surface area contributed by atoms with Crippen LogP contribution in [0, 0.1) is 0 Å². The van der Waals surface area contributed by atoms with Crippen LogP contribution >= 0.6 is 22.6 Å². The SMILES string of the molecule is CC(=O)O[C@H]1[C@@H](OC(C)=O)[C@H](O)O[C@H](CI)[C@H]1OC(C)=O. The summed E-state index contributed by atoms with van der Waals surface area (Å²) in [7, 11) is 0. The standard InChI is InChI=1S/C12H17IO8/c1-5(14)18-9-8(4-13)21-12(17)11(20-7(3)16)10(9)19-6(2)15/h8-12,17H,4H2,1-3H3/t8-,9-,10-,11-,12-/m1/s1. The first kappa shape index (κ1) is 18.1. The van der Waals surface area contributed by atoms with Gasteiger partial charge >= 0.3 is 17.9 Å². The Morgan fingerprint density at radius 1 is 0.952 bits per heavy atom. The third-order valence-corrected chi connectivity index (χ3v) is 3.54. The number of hydrogen-bond acceptors (Lipinski definition) is 8. The van der Waals surface area contributed by atoms with Crippen molar-refractivity contribution in [3.05, 3.63) is 0 Å². The Morgan fingerprint density at radius 3 is 1.81 bits per heavy atom. The minimum absolute atomic E-state index is 0.372. The Hall–Kier alpha value is -0.940. The molecule has 0 aliphatic carbocycles. The van der Waals surface area contributed by atoms with E-state index >= 15 is 0 Å². The van der Waals surface area contributed by atoms with Gasteiger partial charge in [-0.15, -0.1) is 0 Å². The molecule has 0 unspecified atom stereocenters. The van der Waals surface area contributed by atoms with Crippen LogP contribution in [0.2, 0.25) is 0 Å². The molecule has 1 fully saturated rings. The molecule has 21 heavy (non-hydrogen) atoms. The minimum atomic E-state index is -1.48. The topological polar surface area (TPSA) is 108 Å². The summed E-state index contributed by atoms with van der Waals surface area (Å²) in [6.45, 7) is 3.50. The molecule has 1 rings (SSSR count). The number of esters is 3. The van der Waals surface area contributed by atoms with Gasteiger partial charge in [-0.2, -0.15) is 0 Å². The highest BCUT2D eigenvalue weighted by atomic mass is 127. The molecule has 1 heterocycles. The van der Waals surface area contributed by atoms with Crippen LogP contribution in [0.4, 0.5) is 0 Å². The molecule has 1 saturated heterocycles. The highest BCUT2D eigenvalue weighted by molar-refractivity contribution is 14.1. The molecule has 0 spiro atoms. The van der Waals surface area contributed by atoms with Crippen LogP contribution < -0.4 is 0 Å². The first-order valence-corrected chi connectivity index (χ1v) is 7.70. The van der Waals surface area contributed by atoms with Crippen molar-refractivity contribution in [2.75, 3.05) is 4.43 Å². The Balaban J connectivity index is 3.08. The normalized spacial score (nSPS) is 32.1. The molecule has 0 aromatic heterocycles. The van der Waals surface area contributed by atoms with Gasteiger partial charge < -0.3 is 24.1 Å². The van der Waals surface area contributed by atoms with Crippen LogP contribution in [0.5, 0.6) is 0 Å². The van der Waals surface area contributed by atoms with Crippen LogP contribution in [0.1, 0.15) is 20.8 Å². The first-order valence-electron chi connectivity index (χ1n) is 6.17. The summed E-state index contributed by atoms with van der Waals surface area (Å²) >= 11 is 1.98. The smallest absolute Gasteiger partial charge is 0.303 e. The van der Waals surface area contributed by atoms with Crippen molar-refractivity contribution < 1.29 is 38.4 Å². The van der Waals surface area contributed by atoms with Gasteiger partial charge in [-0.1, -0.05) is 22.6 Å². The number of hydrogen-bond donors (Lipinski definition) is 1. The number of ether oxygens (including phenoxy) is 4. The molecule has 1 aliphatic rings. The van der Waals surface area contributed by atoms with Crippen molar-refractivity contribution in [1.29, 1.82) is 0 Å². The lowest BCUT2D eigenvalue weighted by Gasteiger charge is -2.42. The maximum Gasteiger partial charge on any atom is 0.303 e. The van der Waals surface area contributed by atoms with E-state index in [1.807, 2.05) is 22.6 Å². The molecule has 120 valence electrons. The van der Waals surface area contributed by atoms with Gasteiger partial charge in [0.1, 0.15) is 6.10 Å². The highest BCUT2D eigenvalue weighted by Gasteiger charge is 2.50. The Morgan fingerprint density at radius 2 is 1.38 bits per heavy atom. The van der Waals surface area contributed by atoms with Gasteiger partial charge in [-0.3, -0.25) is 14.4 Å². The number of halogens is 1. The van der Waals surface area contributed by atoms with Crippen molar-refractivity contribution >= 4 is 40.5 Å². The van der Waals surface area contributed by atoms with Crippen LogP contribution in [0.3, 0.4) is 0 Å². The fourth-order valence-electron chi connectivity index (χ4n) is 2.00. The largest absolute Gasteiger partial charge is 0.456 e. The van der Waals surface area contributed by atoms with E-state index in [4.69, 9.17) is 18.9 Å². The lowest BCUT2D eigenvalue weighted by atomic mass is 9.99. The summed E-state index contributed by atoms with van der Waals surface area (Å²) < 4.78 is 20.8. The van der Waals surface area contributed by atoms with Gasteiger partial charge in [0.05, 0.1) is 0 Å². The highest BCUT2D eigenvalue weighted by Crippen LogP contribution is 2.28. The molecule has 8 nitrogen and oxygen atoms in total. The lowest BCUT2D eigenvalue weighted by molar-refractivity contribution is -0.286. The maximum absolute atomic E-state index is 11.2. The second kappa shape index (κ2) is 7.90. The van der Waals surface area contributed by atoms with Gasteiger partial charge in [-0.25, -0.2) is 0 Å². The first-order chi connectivity index (χ1) is 9.76. The summed E-state index contributed by atoms with van der Waals surface area (Å²) in [5, 5.41) is 9.92. The molecule has 1 N–H and O–H groups in total. The van der Waals surface area contributed by atoms with Crippen LogP contribution in [0.25, 0.3) is 0 Å². The summed E-state index contributed by atoms with van der Waals surface area (Å²) in [5.41, 5.74) is 0. The van der Waals surface area contributed by atoms with Crippen LogP contribution in [-0.2, 0) is 33.3 Å². The molecular weight excluding hydrogens is 399 g/mol. The zero-order valence-electron chi connectivity index (χ0n) is 11.8. The zero-order chi connectivity index (χ0) is 16.2. The van der Waals surface area contributed by atoms with Crippen molar-refractivity contribution in [3.8, 4) is 0 Å². The van der Waals surface area contributed by atoms with Crippen molar-refractivity contribution in [3.63, 3.8) is 0 Å². The fraction of sp³-hybridized carbons (Fsp3) is 0.750. The van der Waals surface area contributed by atoms with E-state index in [0.717, 1.165) is 13.8 Å². The third-order valence-electron chi connectivity index (χ3n) is 2.67. The van der Waals surface area contributed by atoms with E-state index in [0.29, 0.717) is 4.43 Å².